The van der Waals surface area contributed by atoms with Crippen molar-refractivity contribution in [2.45, 2.75) is 50.1 Å². The molecule has 4 rings (SSSR count). The van der Waals surface area contributed by atoms with Crippen LogP contribution in [-0.4, -0.2) is 60.0 Å². The lowest BCUT2D eigenvalue weighted by atomic mass is 10.1. The van der Waals surface area contributed by atoms with E-state index in [0.717, 1.165) is 5.56 Å². The first-order chi connectivity index (χ1) is 16.9. The van der Waals surface area contributed by atoms with E-state index < -0.39 is 33.5 Å². The topological polar surface area (TPSA) is 105 Å². The van der Waals surface area contributed by atoms with Gasteiger partial charge in [0.25, 0.3) is 5.91 Å². The van der Waals surface area contributed by atoms with Crippen LogP contribution in [-0.2, 0) is 25.8 Å². The first kappa shape index (κ1) is 26.5. The third kappa shape index (κ3) is 6.60. The summed E-state index contributed by atoms with van der Waals surface area (Å²) < 4.78 is 30.0. The number of halogens is 1. The van der Waals surface area contributed by atoms with Gasteiger partial charge in [-0.2, -0.15) is 4.99 Å². The summed E-state index contributed by atoms with van der Waals surface area (Å²) in [6.45, 7) is 5.23. The van der Waals surface area contributed by atoms with Crippen molar-refractivity contribution >= 4 is 56.1 Å². The molecule has 1 N–H and O–H groups in total. The van der Waals surface area contributed by atoms with Gasteiger partial charge in [-0.05, 0) is 50.6 Å². The molecule has 0 bridgehead atoms. The first-order valence-corrected chi connectivity index (χ1v) is 14.6. The fourth-order valence-corrected chi connectivity index (χ4v) is 8.19. The second kappa shape index (κ2) is 10.4. The quantitative estimate of drug-likeness (QED) is 0.599. The van der Waals surface area contributed by atoms with Crippen molar-refractivity contribution in [1.29, 1.82) is 0 Å². The predicted molar refractivity (Wildman–Crippen MR) is 143 cm³/mol. The number of thioether (sulfide) groups is 1. The number of carbonyl (C=O) groups is 2. The minimum Gasteiger partial charge on any atom is -0.444 e. The van der Waals surface area contributed by atoms with E-state index in [1.165, 1.54) is 11.8 Å². The largest absolute Gasteiger partial charge is 0.444 e. The molecule has 2 saturated heterocycles. The van der Waals surface area contributed by atoms with Gasteiger partial charge in [0.15, 0.2) is 15.0 Å². The zero-order chi connectivity index (χ0) is 26.1. The van der Waals surface area contributed by atoms with E-state index in [-0.39, 0.29) is 29.2 Å². The Morgan fingerprint density at radius 3 is 2.44 bits per heavy atom. The Bertz CT molecular complexity index is 1260. The molecule has 192 valence electrons. The molecule has 0 aliphatic carbocycles. The van der Waals surface area contributed by atoms with Gasteiger partial charge in [-0.25, -0.2) is 13.2 Å². The molecule has 11 heteroatoms. The minimum atomic E-state index is -3.20. The zero-order valence-electron chi connectivity index (χ0n) is 20.2. The molecule has 2 aliphatic heterocycles. The molecule has 2 fully saturated rings. The van der Waals surface area contributed by atoms with Crippen molar-refractivity contribution < 1.29 is 22.7 Å². The number of benzene rings is 2. The first-order valence-electron chi connectivity index (χ1n) is 11.5. The van der Waals surface area contributed by atoms with Crippen LogP contribution in [0, 0.1) is 0 Å². The van der Waals surface area contributed by atoms with Crippen molar-refractivity contribution in [3.05, 3.63) is 65.2 Å². The van der Waals surface area contributed by atoms with Crippen LogP contribution in [0.3, 0.4) is 0 Å². The summed E-state index contributed by atoms with van der Waals surface area (Å²) in [6, 6.07) is 15.0. The third-order valence-electron chi connectivity index (χ3n) is 5.65. The number of fused-ring (bicyclic) bond motifs is 1. The number of hydrogen-bond acceptors (Lipinski definition) is 6. The lowest BCUT2D eigenvalue weighted by molar-refractivity contribution is -0.119. The standard InChI is InChI=1S/C25H28ClN3O5S2/c1-25(2,3)34-24(31)27-19(13-16-7-5-4-6-8-16)22(30)28-23-29(18-11-9-17(26)10-12-18)20-14-36(32,33)15-21(20)35-23/h4-12,19-21H,13-15H2,1-3H3,(H,27,31)/t19-,20-,21+/m1/s1. The van der Waals surface area contributed by atoms with Crippen molar-refractivity contribution in [1.82, 2.24) is 5.32 Å². The Balaban J connectivity index is 1.64. The Hall–Kier alpha value is -2.56. The maximum atomic E-state index is 13.4. The number of amidine groups is 1. The van der Waals surface area contributed by atoms with Crippen LogP contribution in [0.25, 0.3) is 0 Å². The van der Waals surface area contributed by atoms with Gasteiger partial charge in [0.2, 0.25) is 0 Å². The Labute approximate surface area is 220 Å². The highest BCUT2D eigenvalue weighted by Crippen LogP contribution is 2.41. The van der Waals surface area contributed by atoms with Crippen LogP contribution < -0.4 is 10.2 Å². The number of alkyl carbamates (subject to hydrolysis) is 1. The van der Waals surface area contributed by atoms with Crippen molar-refractivity contribution in [3.8, 4) is 0 Å². The molecule has 0 saturated carbocycles. The molecular formula is C25H28ClN3O5S2. The lowest BCUT2D eigenvalue weighted by Gasteiger charge is -2.25. The molecule has 0 radical (unpaired) electrons. The van der Waals surface area contributed by atoms with Crippen LogP contribution >= 0.6 is 23.4 Å². The second-order valence-corrected chi connectivity index (χ2v) is 13.6. The van der Waals surface area contributed by atoms with E-state index in [1.54, 1.807) is 49.9 Å². The predicted octanol–water partition coefficient (Wildman–Crippen LogP) is 4.08. The fraction of sp³-hybridized carbons (Fsp3) is 0.400. The van der Waals surface area contributed by atoms with Gasteiger partial charge in [-0.15, -0.1) is 0 Å². The van der Waals surface area contributed by atoms with Crippen molar-refractivity contribution in [2.24, 2.45) is 4.99 Å². The molecule has 2 aromatic carbocycles. The number of carbonyl (C=O) groups excluding carboxylic acids is 2. The molecule has 3 atom stereocenters. The summed E-state index contributed by atoms with van der Waals surface area (Å²) in [7, 11) is -3.20. The van der Waals surface area contributed by atoms with E-state index in [1.807, 2.05) is 30.3 Å². The normalized spacial score (nSPS) is 22.8. The molecule has 0 unspecified atom stereocenters. The highest BCUT2D eigenvalue weighted by molar-refractivity contribution is 8.16. The van der Waals surface area contributed by atoms with Gasteiger partial charge in [-0.1, -0.05) is 53.7 Å². The number of aliphatic imine (C=N–C) groups is 1. The minimum absolute atomic E-state index is 0.0171. The highest BCUT2D eigenvalue weighted by atomic mass is 35.5. The summed E-state index contributed by atoms with van der Waals surface area (Å²) in [5.74, 6) is -0.554. The molecule has 2 aliphatic rings. The van der Waals surface area contributed by atoms with Crippen LogP contribution in [0.5, 0.6) is 0 Å². The van der Waals surface area contributed by atoms with Crippen LogP contribution in [0.1, 0.15) is 26.3 Å². The molecule has 36 heavy (non-hydrogen) atoms. The molecule has 2 amide bonds. The monoisotopic (exact) mass is 549 g/mol. The molecular weight excluding hydrogens is 522 g/mol. The smallest absolute Gasteiger partial charge is 0.408 e. The average molecular weight is 550 g/mol. The Kier molecular flexibility index (Phi) is 7.68. The Morgan fingerprint density at radius 1 is 1.14 bits per heavy atom. The number of hydrogen-bond donors (Lipinski definition) is 1. The number of nitrogens with zero attached hydrogens (tertiary/aromatic N) is 2. The number of ether oxygens (including phenoxy) is 1. The molecule has 0 spiro atoms. The zero-order valence-corrected chi connectivity index (χ0v) is 22.6. The van der Waals surface area contributed by atoms with Gasteiger partial charge in [0, 0.05) is 22.4 Å². The summed E-state index contributed by atoms with van der Waals surface area (Å²) in [4.78, 5) is 32.2. The highest BCUT2D eigenvalue weighted by Gasteiger charge is 2.49. The average Bonchev–Trinajstić information content (AvgIpc) is 3.24. The van der Waals surface area contributed by atoms with Crippen LogP contribution in [0.4, 0.5) is 10.5 Å². The van der Waals surface area contributed by atoms with Gasteiger partial charge >= 0.3 is 6.09 Å². The van der Waals surface area contributed by atoms with Crippen molar-refractivity contribution in [3.63, 3.8) is 0 Å². The lowest BCUT2D eigenvalue weighted by Crippen LogP contribution is -2.45. The maximum Gasteiger partial charge on any atom is 0.408 e. The van der Waals surface area contributed by atoms with E-state index in [9.17, 15) is 18.0 Å². The van der Waals surface area contributed by atoms with E-state index >= 15 is 0 Å². The number of rotatable bonds is 5. The van der Waals surface area contributed by atoms with E-state index in [0.29, 0.717) is 15.9 Å². The van der Waals surface area contributed by atoms with Crippen LogP contribution in [0.2, 0.25) is 5.02 Å². The molecule has 2 heterocycles. The molecule has 2 aromatic rings. The van der Waals surface area contributed by atoms with E-state index in [4.69, 9.17) is 16.3 Å². The van der Waals surface area contributed by atoms with Gasteiger partial charge in [0.1, 0.15) is 11.6 Å². The summed E-state index contributed by atoms with van der Waals surface area (Å²) in [5.41, 5.74) is 0.817. The maximum absolute atomic E-state index is 13.4. The molecule has 0 aromatic heterocycles. The second-order valence-electron chi connectivity index (χ2n) is 9.77. The summed E-state index contributed by atoms with van der Waals surface area (Å²) >= 11 is 7.32. The van der Waals surface area contributed by atoms with Gasteiger partial charge in [-0.3, -0.25) is 4.79 Å². The number of nitrogens with one attached hydrogen (secondary N) is 1. The Morgan fingerprint density at radius 2 is 1.81 bits per heavy atom. The van der Waals surface area contributed by atoms with Gasteiger partial charge < -0.3 is 15.0 Å². The fourth-order valence-electron chi connectivity index (χ4n) is 4.14. The van der Waals surface area contributed by atoms with E-state index in [2.05, 4.69) is 10.3 Å². The third-order valence-corrected chi connectivity index (χ3v) is 9.11. The SMILES string of the molecule is CC(C)(C)OC(=O)N[C@H](Cc1ccccc1)C(=O)N=C1S[C@H]2CS(=O)(=O)C[C@H]2N1c1ccc(Cl)cc1. The number of sulfone groups is 1. The van der Waals surface area contributed by atoms with Crippen molar-refractivity contribution in [2.75, 3.05) is 16.4 Å². The summed E-state index contributed by atoms with van der Waals surface area (Å²) in [5, 5.41) is 3.36. The van der Waals surface area contributed by atoms with Crippen LogP contribution in [0.15, 0.2) is 59.6 Å². The number of amides is 2. The summed E-state index contributed by atoms with van der Waals surface area (Å²) in [6.07, 6.45) is -0.490. The van der Waals surface area contributed by atoms with Gasteiger partial charge in [0.05, 0.1) is 17.5 Å². The number of anilines is 1. The molecule has 8 nitrogen and oxygen atoms in total.